The molecule has 2 rings (SSSR count). The van der Waals surface area contributed by atoms with Crippen molar-refractivity contribution in [1.29, 1.82) is 0 Å². The summed E-state index contributed by atoms with van der Waals surface area (Å²) in [4.78, 5) is 25.3. The predicted molar refractivity (Wildman–Crippen MR) is 104 cm³/mol. The minimum atomic E-state index is -0.574. The monoisotopic (exact) mass is 383 g/mol. The van der Waals surface area contributed by atoms with Gasteiger partial charge in [-0.25, -0.2) is 0 Å². The summed E-state index contributed by atoms with van der Waals surface area (Å²) in [7, 11) is 0. The van der Waals surface area contributed by atoms with Gasteiger partial charge in [-0.3, -0.25) is 9.59 Å². The van der Waals surface area contributed by atoms with Crippen LogP contribution in [0.5, 0.6) is 0 Å². The lowest BCUT2D eigenvalue weighted by atomic mass is 10.1. The third-order valence-electron chi connectivity index (χ3n) is 3.85. The second-order valence-electron chi connectivity index (χ2n) is 6.97. The summed E-state index contributed by atoms with van der Waals surface area (Å²) in [5.41, 5.74) is 7.45. The number of hydrogen-bond acceptors (Lipinski definition) is 4. The first-order chi connectivity index (χ1) is 12.3. The van der Waals surface area contributed by atoms with Crippen molar-refractivity contribution in [2.24, 2.45) is 11.7 Å². The molecule has 1 fully saturated rings. The van der Waals surface area contributed by atoms with Crippen LogP contribution in [-0.2, 0) is 22.7 Å². The molecule has 1 saturated heterocycles. The predicted octanol–water partition coefficient (Wildman–Crippen LogP) is 2.06. The summed E-state index contributed by atoms with van der Waals surface area (Å²) in [6.07, 6.45) is 1.37. The minimum Gasteiger partial charge on any atom is -0.387 e. The molecule has 1 atom stereocenters. The third kappa shape index (κ3) is 6.94. The van der Waals surface area contributed by atoms with E-state index in [9.17, 15) is 9.59 Å². The van der Waals surface area contributed by atoms with Crippen LogP contribution >= 0.6 is 11.6 Å². The zero-order valence-electron chi connectivity index (χ0n) is 15.8. The van der Waals surface area contributed by atoms with Gasteiger partial charge < -0.3 is 21.1 Å². The number of nitrogens with one attached hydrogen (secondary N) is 1. The summed E-state index contributed by atoms with van der Waals surface area (Å²) < 4.78 is 0. The topological polar surface area (TPSA) is 95.7 Å². The molecule has 0 radical (unpaired) electrons. The van der Waals surface area contributed by atoms with Crippen LogP contribution < -0.4 is 11.1 Å². The van der Waals surface area contributed by atoms with Gasteiger partial charge in [-0.2, -0.15) is 0 Å². The molecule has 0 spiro atoms. The first-order valence-corrected chi connectivity index (χ1v) is 9.33. The first kappa shape index (κ1) is 22.4. The van der Waals surface area contributed by atoms with Gasteiger partial charge >= 0.3 is 0 Å². The zero-order chi connectivity index (χ0) is 19.7. The fraction of sp³-hybridized carbons (Fsp3) is 0.579. The van der Waals surface area contributed by atoms with Crippen LogP contribution in [0.3, 0.4) is 0 Å². The Kier molecular flexibility index (Phi) is 9.62. The Morgan fingerprint density at radius 1 is 1.35 bits per heavy atom. The second-order valence-corrected chi connectivity index (χ2v) is 7.41. The Balaban J connectivity index is 0.000000765. The van der Waals surface area contributed by atoms with Gasteiger partial charge in [-0.1, -0.05) is 38.4 Å². The van der Waals surface area contributed by atoms with Crippen molar-refractivity contribution < 1.29 is 14.7 Å². The number of halogens is 1. The first-order valence-electron chi connectivity index (χ1n) is 8.95. The van der Waals surface area contributed by atoms with Gasteiger partial charge in [0.1, 0.15) is 12.6 Å². The van der Waals surface area contributed by atoms with E-state index in [0.29, 0.717) is 31.1 Å². The van der Waals surface area contributed by atoms with Crippen molar-refractivity contribution in [1.82, 2.24) is 10.2 Å². The van der Waals surface area contributed by atoms with E-state index in [1.807, 2.05) is 6.07 Å². The van der Waals surface area contributed by atoms with Gasteiger partial charge in [0.15, 0.2) is 0 Å². The quantitative estimate of drug-likeness (QED) is 0.725. The molecule has 1 heterocycles. The second kappa shape index (κ2) is 11.2. The molecule has 0 aliphatic carbocycles. The van der Waals surface area contributed by atoms with E-state index < -0.39 is 18.6 Å². The molecule has 1 aromatic rings. The Morgan fingerprint density at radius 2 is 2.00 bits per heavy atom. The number of aliphatic hydroxyl groups is 1. The van der Waals surface area contributed by atoms with Crippen molar-refractivity contribution in [3.63, 3.8) is 0 Å². The highest BCUT2D eigenvalue weighted by Crippen LogP contribution is 2.19. The molecule has 1 aromatic carbocycles. The maximum absolute atomic E-state index is 12.3. The number of rotatable bonds is 5. The molecular weight excluding hydrogens is 354 g/mol. The third-order valence-corrected chi connectivity index (χ3v) is 4.09. The Hall–Kier alpha value is -1.63. The number of amides is 2. The molecule has 26 heavy (non-hydrogen) atoms. The average molecular weight is 384 g/mol. The summed E-state index contributed by atoms with van der Waals surface area (Å²) in [6, 6.07) is 4.85. The molecule has 2 amide bonds. The lowest BCUT2D eigenvalue weighted by Gasteiger charge is -2.23. The number of likely N-dealkylation sites (tertiary alicyclic amines) is 1. The summed E-state index contributed by atoms with van der Waals surface area (Å²) in [6.45, 7) is 7.10. The van der Waals surface area contributed by atoms with Gasteiger partial charge in [-0.15, -0.1) is 0 Å². The average Bonchev–Trinajstić information content (AvgIpc) is 3.08. The van der Waals surface area contributed by atoms with E-state index in [1.165, 1.54) is 4.90 Å². The molecule has 6 nitrogen and oxygen atoms in total. The number of hydrogen-bond donors (Lipinski definition) is 3. The molecule has 1 unspecified atom stereocenters. The van der Waals surface area contributed by atoms with Crippen LogP contribution in [0.25, 0.3) is 0 Å². The van der Waals surface area contributed by atoms with Crippen LogP contribution in [0.4, 0.5) is 0 Å². The van der Waals surface area contributed by atoms with E-state index in [-0.39, 0.29) is 5.91 Å². The van der Waals surface area contributed by atoms with Crippen LogP contribution in [0.1, 0.15) is 44.7 Å². The Bertz CT molecular complexity index is 605. The lowest BCUT2D eigenvalue weighted by Crippen LogP contribution is -2.46. The van der Waals surface area contributed by atoms with Crippen molar-refractivity contribution >= 4 is 23.4 Å². The normalized spacial score (nSPS) is 16.3. The number of benzene rings is 1. The Labute approximate surface area is 160 Å². The van der Waals surface area contributed by atoms with Crippen molar-refractivity contribution in [2.75, 3.05) is 13.2 Å². The largest absolute Gasteiger partial charge is 0.387 e. The molecule has 1 aliphatic heterocycles. The number of nitrogens with zero attached hydrogens (tertiary/aromatic N) is 1. The molecule has 0 saturated carbocycles. The number of nitrogens with two attached hydrogens (primary N) is 1. The van der Waals surface area contributed by atoms with Gasteiger partial charge in [0.2, 0.25) is 11.8 Å². The molecular formula is C19H30ClN3O3. The van der Waals surface area contributed by atoms with Gasteiger partial charge in [0.25, 0.3) is 0 Å². The molecule has 1 aliphatic rings. The van der Waals surface area contributed by atoms with Crippen molar-refractivity contribution in [2.45, 2.75) is 52.7 Å². The molecule has 7 heteroatoms. The van der Waals surface area contributed by atoms with Gasteiger partial charge in [-0.05, 0) is 42.0 Å². The van der Waals surface area contributed by atoms with Crippen LogP contribution in [0.15, 0.2) is 18.2 Å². The highest BCUT2D eigenvalue weighted by atomic mass is 35.5. The van der Waals surface area contributed by atoms with Crippen molar-refractivity contribution in [3.05, 3.63) is 34.3 Å². The van der Waals surface area contributed by atoms with E-state index in [2.05, 4.69) is 26.1 Å². The maximum Gasteiger partial charge on any atom is 0.248 e. The number of carbonyl (C=O) groups excluding carboxylic acids is 2. The zero-order valence-corrected chi connectivity index (χ0v) is 16.6. The van der Waals surface area contributed by atoms with Crippen LogP contribution in [0.2, 0.25) is 5.02 Å². The Morgan fingerprint density at radius 3 is 2.58 bits per heavy atom. The fourth-order valence-electron chi connectivity index (χ4n) is 2.69. The number of aliphatic hydroxyl groups excluding tert-OH is 1. The van der Waals surface area contributed by atoms with Crippen LogP contribution in [0, 0.1) is 5.92 Å². The van der Waals surface area contributed by atoms with Gasteiger partial charge in [0.05, 0.1) is 0 Å². The molecule has 4 N–H and O–H groups in total. The number of carbonyl (C=O) groups is 2. The fourth-order valence-corrected chi connectivity index (χ4v) is 2.88. The summed E-state index contributed by atoms with van der Waals surface area (Å²) in [5, 5.41) is 12.4. The summed E-state index contributed by atoms with van der Waals surface area (Å²) >= 11 is 5.97. The highest BCUT2D eigenvalue weighted by molar-refractivity contribution is 6.30. The molecule has 146 valence electrons. The van der Waals surface area contributed by atoms with Gasteiger partial charge in [0, 0.05) is 24.7 Å². The maximum atomic E-state index is 12.3. The van der Waals surface area contributed by atoms with E-state index >= 15 is 0 Å². The SMILES string of the molecule is CC(C)C.NCc1ccc(Cl)cc1CNC(=O)C1CCCN1C(=O)CO. The van der Waals surface area contributed by atoms with Crippen molar-refractivity contribution in [3.8, 4) is 0 Å². The molecule has 0 bridgehead atoms. The highest BCUT2D eigenvalue weighted by Gasteiger charge is 2.33. The smallest absolute Gasteiger partial charge is 0.248 e. The van der Waals surface area contributed by atoms with E-state index in [4.69, 9.17) is 22.4 Å². The standard InChI is InChI=1S/C15H20ClN3O3.C4H10/c16-12-4-3-10(7-17)11(6-12)8-18-15(22)13-2-1-5-19(13)14(21)9-20;1-4(2)3/h3-4,6,13,20H,1-2,5,7-9,17H2,(H,18,22);4H,1-3H3. The van der Waals surface area contributed by atoms with E-state index in [0.717, 1.165) is 23.5 Å². The summed E-state index contributed by atoms with van der Waals surface area (Å²) in [5.74, 6) is 0.199. The van der Waals surface area contributed by atoms with E-state index in [1.54, 1.807) is 12.1 Å². The lowest BCUT2D eigenvalue weighted by molar-refractivity contribution is -0.140. The van der Waals surface area contributed by atoms with Crippen LogP contribution in [-0.4, -0.2) is 41.0 Å². The molecule has 0 aromatic heterocycles. The minimum absolute atomic E-state index is 0.220.